The van der Waals surface area contributed by atoms with Crippen LogP contribution < -0.4 is 5.14 Å². The molecule has 0 fully saturated rings. The van der Waals surface area contributed by atoms with Crippen LogP contribution in [0.1, 0.15) is 19.4 Å². The second kappa shape index (κ2) is 5.34. The molecular formula is C11H14INOS. The molecule has 0 heterocycles. The van der Waals surface area contributed by atoms with Gasteiger partial charge in [0.15, 0.2) is 4.75 Å². The molecule has 0 bridgehead atoms. The molecule has 0 amide bonds. The third-order valence-corrected chi connectivity index (χ3v) is 3.89. The maximum atomic E-state index is 11.2. The van der Waals surface area contributed by atoms with Crippen molar-refractivity contribution in [1.82, 2.24) is 0 Å². The molecule has 0 aliphatic heterocycles. The molecule has 0 radical (unpaired) electrons. The molecule has 1 unspecified atom stereocenters. The minimum atomic E-state index is -1.34. The molecule has 2 nitrogen and oxygen atoms in total. The molecule has 1 aromatic rings. The van der Waals surface area contributed by atoms with Crippen molar-refractivity contribution < 1.29 is 4.55 Å². The Labute approximate surface area is 107 Å². The quantitative estimate of drug-likeness (QED) is 0.682. The van der Waals surface area contributed by atoms with Crippen molar-refractivity contribution in [3.63, 3.8) is 0 Å². The van der Waals surface area contributed by atoms with Crippen molar-refractivity contribution in [1.29, 1.82) is 0 Å². The van der Waals surface area contributed by atoms with Gasteiger partial charge < -0.3 is 4.55 Å². The van der Waals surface area contributed by atoms with Gasteiger partial charge in [0.2, 0.25) is 0 Å². The third kappa shape index (κ3) is 4.14. The lowest BCUT2D eigenvalue weighted by atomic mass is 10.1. The summed E-state index contributed by atoms with van der Waals surface area (Å²) >= 11 is 0.917. The summed E-state index contributed by atoms with van der Waals surface area (Å²) in [6, 6.07) is 8.10. The van der Waals surface area contributed by atoms with Gasteiger partial charge in [0, 0.05) is 14.9 Å². The van der Waals surface area contributed by atoms with Crippen LogP contribution in [0.4, 0.5) is 0 Å². The second-order valence-corrected chi connectivity index (χ2v) is 6.68. The van der Waals surface area contributed by atoms with Crippen molar-refractivity contribution in [3.8, 4) is 0 Å². The standard InChI is InChI=1S/C11H14INOS/c1-11(2,15(13)14)7-6-9-4-3-5-10(12)8-9/h3-8H,13H2,1-2H3. The summed E-state index contributed by atoms with van der Waals surface area (Å²) < 4.78 is 11.9. The molecular weight excluding hydrogens is 321 g/mol. The van der Waals surface area contributed by atoms with Gasteiger partial charge >= 0.3 is 0 Å². The van der Waals surface area contributed by atoms with E-state index < -0.39 is 16.1 Å². The summed E-state index contributed by atoms with van der Waals surface area (Å²) in [7, 11) is 0. The van der Waals surface area contributed by atoms with Crippen molar-refractivity contribution in [3.05, 3.63) is 39.5 Å². The lowest BCUT2D eigenvalue weighted by Gasteiger charge is -2.20. The van der Waals surface area contributed by atoms with Crippen LogP contribution in [-0.2, 0) is 11.4 Å². The fourth-order valence-electron chi connectivity index (χ4n) is 0.974. The van der Waals surface area contributed by atoms with E-state index in [1.165, 1.54) is 3.57 Å². The summed E-state index contributed by atoms with van der Waals surface area (Å²) in [5.41, 5.74) is 1.10. The van der Waals surface area contributed by atoms with E-state index in [0.29, 0.717) is 0 Å². The van der Waals surface area contributed by atoms with Crippen LogP contribution >= 0.6 is 22.6 Å². The Morgan fingerprint density at radius 3 is 2.67 bits per heavy atom. The molecule has 0 aliphatic carbocycles. The van der Waals surface area contributed by atoms with E-state index in [9.17, 15) is 4.55 Å². The van der Waals surface area contributed by atoms with E-state index in [1.54, 1.807) is 0 Å². The molecule has 0 aromatic heterocycles. The minimum absolute atomic E-state index is 0.485. The zero-order valence-corrected chi connectivity index (χ0v) is 11.7. The fraction of sp³-hybridized carbons (Fsp3) is 0.273. The van der Waals surface area contributed by atoms with E-state index >= 15 is 0 Å². The Morgan fingerprint density at radius 2 is 2.13 bits per heavy atom. The van der Waals surface area contributed by atoms with Gasteiger partial charge in [0.05, 0.1) is 0 Å². The van der Waals surface area contributed by atoms with Crippen LogP contribution in [0.15, 0.2) is 30.3 Å². The molecule has 1 aromatic carbocycles. The van der Waals surface area contributed by atoms with Crippen LogP contribution in [0.3, 0.4) is 0 Å². The molecule has 1 rings (SSSR count). The van der Waals surface area contributed by atoms with Crippen molar-refractivity contribution >= 4 is 40.0 Å². The van der Waals surface area contributed by atoms with E-state index in [4.69, 9.17) is 5.14 Å². The third-order valence-electron chi connectivity index (χ3n) is 2.04. The van der Waals surface area contributed by atoms with Crippen LogP contribution in [0.25, 0.3) is 6.08 Å². The van der Waals surface area contributed by atoms with Crippen molar-refractivity contribution in [2.24, 2.45) is 5.14 Å². The lowest BCUT2D eigenvalue weighted by molar-refractivity contribution is 0.573. The van der Waals surface area contributed by atoms with Crippen molar-refractivity contribution in [2.75, 3.05) is 0 Å². The SMILES string of the molecule is CC(C)(C=Cc1cccc(I)c1)[S+](N)[O-]. The first-order valence-electron chi connectivity index (χ1n) is 4.53. The highest BCUT2D eigenvalue weighted by Gasteiger charge is 2.25. The maximum absolute atomic E-state index is 11.2. The number of rotatable bonds is 3. The predicted octanol–water partition coefficient (Wildman–Crippen LogP) is 2.71. The fourth-order valence-corrected chi connectivity index (χ4v) is 1.74. The van der Waals surface area contributed by atoms with E-state index in [-0.39, 0.29) is 0 Å². The number of nitrogens with two attached hydrogens (primary N) is 1. The topological polar surface area (TPSA) is 49.1 Å². The normalized spacial score (nSPS) is 14.5. The van der Waals surface area contributed by atoms with E-state index in [1.807, 2.05) is 44.2 Å². The average molecular weight is 335 g/mol. The Bertz CT molecular complexity index is 363. The molecule has 0 saturated carbocycles. The summed E-state index contributed by atoms with van der Waals surface area (Å²) in [6.07, 6.45) is 3.83. The van der Waals surface area contributed by atoms with Crippen LogP contribution in [0.5, 0.6) is 0 Å². The molecule has 82 valence electrons. The first-order chi connectivity index (χ1) is 6.92. The summed E-state index contributed by atoms with van der Waals surface area (Å²) in [5.74, 6) is 0. The number of hydrogen-bond acceptors (Lipinski definition) is 2. The van der Waals surface area contributed by atoms with Gasteiger partial charge in [-0.3, -0.25) is 0 Å². The summed E-state index contributed by atoms with van der Waals surface area (Å²) in [5, 5.41) is 5.38. The van der Waals surface area contributed by atoms with Gasteiger partial charge in [-0.05, 0) is 60.2 Å². The Kier molecular flexibility index (Phi) is 4.64. The van der Waals surface area contributed by atoms with Gasteiger partial charge in [-0.15, -0.1) is 0 Å². The smallest absolute Gasteiger partial charge is 0.157 e. The maximum Gasteiger partial charge on any atom is 0.157 e. The minimum Gasteiger partial charge on any atom is -0.598 e. The summed E-state index contributed by atoms with van der Waals surface area (Å²) in [6.45, 7) is 3.71. The molecule has 1 atom stereocenters. The van der Waals surface area contributed by atoms with E-state index in [2.05, 4.69) is 28.7 Å². The number of hydrogen-bond donors (Lipinski definition) is 1. The zero-order chi connectivity index (χ0) is 11.5. The highest BCUT2D eigenvalue weighted by atomic mass is 127. The number of benzene rings is 1. The second-order valence-electron chi connectivity index (χ2n) is 3.79. The number of halogens is 1. The van der Waals surface area contributed by atoms with Crippen LogP contribution in [0, 0.1) is 3.57 Å². The molecule has 15 heavy (non-hydrogen) atoms. The predicted molar refractivity (Wildman–Crippen MR) is 74.6 cm³/mol. The van der Waals surface area contributed by atoms with Gasteiger partial charge in [0.25, 0.3) is 0 Å². The van der Waals surface area contributed by atoms with Gasteiger partial charge in [-0.1, -0.05) is 18.2 Å². The zero-order valence-electron chi connectivity index (χ0n) is 8.74. The van der Waals surface area contributed by atoms with Gasteiger partial charge in [0.1, 0.15) is 0 Å². The molecule has 0 saturated heterocycles. The van der Waals surface area contributed by atoms with E-state index in [0.717, 1.165) is 5.56 Å². The van der Waals surface area contributed by atoms with Crippen molar-refractivity contribution in [2.45, 2.75) is 18.6 Å². The van der Waals surface area contributed by atoms with Gasteiger partial charge in [-0.2, -0.15) is 5.14 Å². The molecule has 4 heteroatoms. The molecule has 0 spiro atoms. The monoisotopic (exact) mass is 335 g/mol. The molecule has 2 N–H and O–H groups in total. The Balaban J connectivity index is 2.82. The highest BCUT2D eigenvalue weighted by molar-refractivity contribution is 14.1. The Hall–Kier alpha value is -0.0400. The Morgan fingerprint density at radius 1 is 1.47 bits per heavy atom. The summed E-state index contributed by atoms with van der Waals surface area (Å²) in [4.78, 5) is 0. The van der Waals surface area contributed by atoms with Gasteiger partial charge in [-0.25, -0.2) is 0 Å². The van der Waals surface area contributed by atoms with Crippen LogP contribution in [-0.4, -0.2) is 9.30 Å². The lowest BCUT2D eigenvalue weighted by Crippen LogP contribution is -2.35. The highest BCUT2D eigenvalue weighted by Crippen LogP contribution is 2.17. The largest absolute Gasteiger partial charge is 0.598 e. The first kappa shape index (κ1) is 13.0. The van der Waals surface area contributed by atoms with Crippen LogP contribution in [0.2, 0.25) is 0 Å². The molecule has 0 aliphatic rings. The average Bonchev–Trinajstić information content (AvgIpc) is 2.15. The first-order valence-corrected chi connectivity index (χ1v) is 6.82.